The van der Waals surface area contributed by atoms with Gasteiger partial charge in [-0.2, -0.15) is 0 Å². The Morgan fingerprint density at radius 1 is 1.07 bits per heavy atom. The fourth-order valence-electron chi connectivity index (χ4n) is 2.82. The molecule has 0 aromatic heterocycles. The van der Waals surface area contributed by atoms with Crippen LogP contribution in [0.25, 0.3) is 0 Å². The zero-order valence-corrected chi connectivity index (χ0v) is 8.52. The van der Waals surface area contributed by atoms with Gasteiger partial charge in [-0.25, -0.2) is 0 Å². The molecule has 0 aromatic carbocycles. The number of nitrogens with zero attached hydrogens (tertiary/aromatic N) is 1. The summed E-state index contributed by atoms with van der Waals surface area (Å²) in [6, 6.07) is 0. The molecule has 0 bridgehead atoms. The Kier molecular flexibility index (Phi) is 1.97. The van der Waals surface area contributed by atoms with E-state index in [2.05, 4.69) is 35.3 Å². The van der Waals surface area contributed by atoms with Crippen LogP contribution in [-0.4, -0.2) is 18.0 Å². The highest BCUT2D eigenvalue weighted by Crippen LogP contribution is 2.37. The molecule has 1 aliphatic heterocycles. The second kappa shape index (κ2) is 3.30. The highest BCUT2D eigenvalue weighted by molar-refractivity contribution is 5.27. The summed E-state index contributed by atoms with van der Waals surface area (Å²) in [6.45, 7) is 2.58. The maximum absolute atomic E-state index is 2.58. The largest absolute Gasteiger partial charge is 0.375 e. The topological polar surface area (TPSA) is 3.24 Å². The van der Waals surface area contributed by atoms with Crippen molar-refractivity contribution in [1.82, 2.24) is 4.90 Å². The minimum atomic E-state index is 0.690. The van der Waals surface area contributed by atoms with Gasteiger partial charge < -0.3 is 4.90 Å². The van der Waals surface area contributed by atoms with Crippen molar-refractivity contribution in [2.75, 3.05) is 13.1 Å². The van der Waals surface area contributed by atoms with Gasteiger partial charge >= 0.3 is 0 Å². The number of hydrogen-bond donors (Lipinski definition) is 0. The third-order valence-electron chi connectivity index (χ3n) is 3.64. The molecule has 0 radical (unpaired) electrons. The lowest BCUT2D eigenvalue weighted by atomic mass is 9.92. The van der Waals surface area contributed by atoms with Crippen LogP contribution in [0.4, 0.5) is 0 Å². The van der Waals surface area contributed by atoms with Gasteiger partial charge in [0.05, 0.1) is 0 Å². The van der Waals surface area contributed by atoms with E-state index < -0.39 is 0 Å². The minimum Gasteiger partial charge on any atom is -0.375 e. The summed E-state index contributed by atoms with van der Waals surface area (Å²) in [4.78, 5) is 2.58. The van der Waals surface area contributed by atoms with Crippen molar-refractivity contribution >= 4 is 0 Å². The highest BCUT2D eigenvalue weighted by atomic mass is 15.2. The molecular formula is C13H17N. The number of likely N-dealkylation sites (tertiary alicyclic amines) is 1. The quantitative estimate of drug-likeness (QED) is 0.610. The van der Waals surface area contributed by atoms with Crippen molar-refractivity contribution in [3.8, 4) is 0 Å². The molecule has 0 N–H and O–H groups in total. The average Bonchev–Trinajstić information content (AvgIpc) is 2.86. The molecule has 0 spiro atoms. The van der Waals surface area contributed by atoms with Crippen molar-refractivity contribution in [2.24, 2.45) is 11.8 Å². The van der Waals surface area contributed by atoms with Crippen molar-refractivity contribution in [3.05, 3.63) is 36.1 Å². The Bertz CT molecular complexity index is 305. The first-order valence-corrected chi connectivity index (χ1v) is 5.74. The van der Waals surface area contributed by atoms with Gasteiger partial charge in [0.2, 0.25) is 0 Å². The molecule has 1 saturated heterocycles. The second-order valence-electron chi connectivity index (χ2n) is 4.57. The van der Waals surface area contributed by atoms with E-state index in [0.29, 0.717) is 5.92 Å². The van der Waals surface area contributed by atoms with E-state index in [-0.39, 0.29) is 0 Å². The summed E-state index contributed by atoms with van der Waals surface area (Å²) >= 11 is 0. The Balaban J connectivity index is 1.77. The smallest absolute Gasteiger partial charge is 0.0175 e. The minimum absolute atomic E-state index is 0.690. The zero-order valence-electron chi connectivity index (χ0n) is 8.52. The lowest BCUT2D eigenvalue weighted by molar-refractivity contribution is 0.405. The lowest BCUT2D eigenvalue weighted by Gasteiger charge is -2.19. The molecule has 1 nitrogen and oxygen atoms in total. The zero-order chi connectivity index (χ0) is 9.38. The predicted molar refractivity (Wildman–Crippen MR) is 58.8 cm³/mol. The van der Waals surface area contributed by atoms with Crippen LogP contribution in [0.5, 0.6) is 0 Å². The van der Waals surface area contributed by atoms with E-state index >= 15 is 0 Å². The van der Waals surface area contributed by atoms with E-state index in [9.17, 15) is 0 Å². The summed E-state index contributed by atoms with van der Waals surface area (Å²) in [7, 11) is 0. The standard InChI is InChI=1S/C13H17N/c1-2-6-12-10-13(9-11(12)5-1)14-7-3-4-8-14/h1-2,5-6,9,11-12H,3-4,7-8,10H2. The van der Waals surface area contributed by atoms with Crippen LogP contribution >= 0.6 is 0 Å². The van der Waals surface area contributed by atoms with Crippen molar-refractivity contribution in [3.63, 3.8) is 0 Å². The Labute approximate surface area is 85.8 Å². The summed E-state index contributed by atoms with van der Waals surface area (Å²) in [5, 5.41) is 0. The molecule has 1 heteroatoms. The van der Waals surface area contributed by atoms with Crippen LogP contribution in [0.1, 0.15) is 19.3 Å². The second-order valence-corrected chi connectivity index (χ2v) is 4.57. The molecule has 74 valence electrons. The van der Waals surface area contributed by atoms with Crippen molar-refractivity contribution < 1.29 is 0 Å². The molecule has 0 saturated carbocycles. The maximum Gasteiger partial charge on any atom is 0.0175 e. The molecule has 1 fully saturated rings. The first-order valence-electron chi connectivity index (χ1n) is 5.74. The molecule has 2 unspecified atom stereocenters. The average molecular weight is 187 g/mol. The van der Waals surface area contributed by atoms with Crippen LogP contribution in [0.15, 0.2) is 36.1 Å². The van der Waals surface area contributed by atoms with Crippen molar-refractivity contribution in [2.45, 2.75) is 19.3 Å². The molecular weight excluding hydrogens is 170 g/mol. The lowest BCUT2D eigenvalue weighted by Crippen LogP contribution is -2.17. The SMILES string of the molecule is C1=CC2C=C(N3CCCC3)CC2C=C1. The normalized spacial score (nSPS) is 34.9. The third-order valence-corrected chi connectivity index (χ3v) is 3.64. The first kappa shape index (κ1) is 8.34. The van der Waals surface area contributed by atoms with E-state index in [0.717, 1.165) is 5.92 Å². The Morgan fingerprint density at radius 2 is 1.86 bits per heavy atom. The van der Waals surface area contributed by atoms with Gasteiger partial charge in [0, 0.05) is 24.7 Å². The number of fused-ring (bicyclic) bond motifs is 1. The maximum atomic E-state index is 2.58. The van der Waals surface area contributed by atoms with Crippen molar-refractivity contribution in [1.29, 1.82) is 0 Å². The molecule has 0 aromatic rings. The monoisotopic (exact) mass is 187 g/mol. The van der Waals surface area contributed by atoms with Crippen LogP contribution in [0, 0.1) is 11.8 Å². The number of allylic oxidation sites excluding steroid dienone is 6. The molecule has 0 amide bonds. The molecule has 2 aliphatic carbocycles. The highest BCUT2D eigenvalue weighted by Gasteiger charge is 2.28. The van der Waals surface area contributed by atoms with Crippen LogP contribution in [-0.2, 0) is 0 Å². The van der Waals surface area contributed by atoms with Gasteiger partial charge in [-0.3, -0.25) is 0 Å². The molecule has 14 heavy (non-hydrogen) atoms. The van der Waals surface area contributed by atoms with E-state index in [1.807, 2.05) is 0 Å². The van der Waals surface area contributed by atoms with Crippen LogP contribution < -0.4 is 0 Å². The molecule has 2 atom stereocenters. The van der Waals surface area contributed by atoms with Gasteiger partial charge in [-0.05, 0) is 25.2 Å². The third kappa shape index (κ3) is 1.31. The predicted octanol–water partition coefficient (Wildman–Crippen LogP) is 2.73. The van der Waals surface area contributed by atoms with Crippen LogP contribution in [0.3, 0.4) is 0 Å². The summed E-state index contributed by atoms with van der Waals surface area (Å²) in [5.41, 5.74) is 1.61. The number of hydrogen-bond acceptors (Lipinski definition) is 1. The fraction of sp³-hybridized carbons (Fsp3) is 0.538. The van der Waals surface area contributed by atoms with Gasteiger partial charge in [0.15, 0.2) is 0 Å². The summed E-state index contributed by atoms with van der Waals surface area (Å²) in [5.74, 6) is 1.45. The van der Waals surface area contributed by atoms with E-state index in [4.69, 9.17) is 0 Å². The van der Waals surface area contributed by atoms with Crippen LogP contribution in [0.2, 0.25) is 0 Å². The van der Waals surface area contributed by atoms with Gasteiger partial charge in [0.1, 0.15) is 0 Å². The Hall–Kier alpha value is -0.980. The summed E-state index contributed by atoms with van der Waals surface area (Å²) in [6.07, 6.45) is 15.6. The van der Waals surface area contributed by atoms with E-state index in [1.165, 1.54) is 32.4 Å². The Morgan fingerprint density at radius 3 is 2.64 bits per heavy atom. The molecule has 3 aliphatic rings. The summed E-state index contributed by atoms with van der Waals surface area (Å²) < 4.78 is 0. The number of rotatable bonds is 1. The fourth-order valence-corrected chi connectivity index (χ4v) is 2.82. The van der Waals surface area contributed by atoms with Gasteiger partial charge in [-0.1, -0.05) is 30.4 Å². The molecule has 3 rings (SSSR count). The van der Waals surface area contributed by atoms with Gasteiger partial charge in [-0.15, -0.1) is 0 Å². The van der Waals surface area contributed by atoms with E-state index in [1.54, 1.807) is 5.70 Å². The van der Waals surface area contributed by atoms with Gasteiger partial charge in [0.25, 0.3) is 0 Å². The molecule has 1 heterocycles. The first-order chi connectivity index (χ1) is 6.93.